The van der Waals surface area contributed by atoms with Gasteiger partial charge in [-0.3, -0.25) is 0 Å². The molecule has 0 atom stereocenters. The number of ether oxygens (including phenoxy) is 2. The second kappa shape index (κ2) is 11.5. The highest BCUT2D eigenvalue weighted by Gasteiger charge is 2.17. The molecule has 5 nitrogen and oxygen atoms in total. The Balaban J connectivity index is 1.43. The molecule has 33 heavy (non-hydrogen) atoms. The average Bonchev–Trinajstić information content (AvgIpc) is 3.25. The van der Waals surface area contributed by atoms with E-state index in [1.807, 2.05) is 60.0 Å². The van der Waals surface area contributed by atoms with Crippen molar-refractivity contribution in [2.24, 2.45) is 0 Å². The molecule has 0 saturated carbocycles. The van der Waals surface area contributed by atoms with E-state index >= 15 is 0 Å². The van der Waals surface area contributed by atoms with Crippen LogP contribution in [0, 0.1) is 5.82 Å². The first-order valence-corrected chi connectivity index (χ1v) is 11.9. The first kappa shape index (κ1) is 22.9. The van der Waals surface area contributed by atoms with Gasteiger partial charge in [0.1, 0.15) is 17.3 Å². The van der Waals surface area contributed by atoms with Crippen LogP contribution in [0.1, 0.15) is 12.5 Å². The van der Waals surface area contributed by atoms with Crippen molar-refractivity contribution in [2.75, 3.05) is 19.0 Å². The Labute approximate surface area is 197 Å². The quantitative estimate of drug-likeness (QED) is 0.205. The Morgan fingerprint density at radius 3 is 2.27 bits per heavy atom. The van der Waals surface area contributed by atoms with Crippen LogP contribution in [-0.2, 0) is 13.0 Å². The number of thioether (sulfide) groups is 1. The summed E-state index contributed by atoms with van der Waals surface area (Å²) in [6.07, 6.45) is 0.802. The van der Waals surface area contributed by atoms with Gasteiger partial charge < -0.3 is 14.0 Å². The normalized spacial score (nSPS) is 10.8. The Kier molecular flexibility index (Phi) is 7.98. The molecule has 1 heterocycles. The van der Waals surface area contributed by atoms with Gasteiger partial charge in [-0.25, -0.2) is 4.39 Å². The lowest BCUT2D eigenvalue weighted by atomic mass is 10.1. The summed E-state index contributed by atoms with van der Waals surface area (Å²) in [7, 11) is 0. The highest BCUT2D eigenvalue weighted by Crippen LogP contribution is 2.26. The third kappa shape index (κ3) is 6.14. The summed E-state index contributed by atoms with van der Waals surface area (Å²) in [5.74, 6) is 2.54. The number of aromatic nitrogens is 3. The Morgan fingerprint density at radius 1 is 0.848 bits per heavy atom. The molecule has 7 heteroatoms. The lowest BCUT2D eigenvalue weighted by molar-refractivity contribution is 0.332. The fourth-order valence-electron chi connectivity index (χ4n) is 3.42. The van der Waals surface area contributed by atoms with Crippen LogP contribution < -0.4 is 9.47 Å². The fourth-order valence-corrected chi connectivity index (χ4v) is 4.20. The monoisotopic (exact) mass is 463 g/mol. The molecule has 0 saturated heterocycles. The minimum Gasteiger partial charge on any atom is -0.494 e. The van der Waals surface area contributed by atoms with Gasteiger partial charge >= 0.3 is 0 Å². The van der Waals surface area contributed by atoms with Gasteiger partial charge in [-0.1, -0.05) is 54.2 Å². The van der Waals surface area contributed by atoms with Crippen LogP contribution in [0.4, 0.5) is 4.39 Å². The number of hydrogen-bond donors (Lipinski definition) is 0. The molecular weight excluding hydrogens is 437 g/mol. The van der Waals surface area contributed by atoms with E-state index in [0.29, 0.717) is 36.9 Å². The maximum atomic E-state index is 14.5. The van der Waals surface area contributed by atoms with E-state index in [9.17, 15) is 4.39 Å². The van der Waals surface area contributed by atoms with Gasteiger partial charge in [0, 0.05) is 12.3 Å². The molecule has 1 aromatic heterocycles. The second-order valence-corrected chi connectivity index (χ2v) is 8.34. The molecule has 3 aromatic carbocycles. The van der Waals surface area contributed by atoms with Crippen LogP contribution in [-0.4, -0.2) is 33.7 Å². The molecule has 0 N–H and O–H groups in total. The van der Waals surface area contributed by atoms with E-state index in [4.69, 9.17) is 9.47 Å². The number of nitrogens with zero attached hydrogens (tertiary/aromatic N) is 3. The average molecular weight is 464 g/mol. The highest BCUT2D eigenvalue weighted by atomic mass is 32.2. The number of benzene rings is 3. The number of hydrogen-bond acceptors (Lipinski definition) is 5. The largest absolute Gasteiger partial charge is 0.494 e. The van der Waals surface area contributed by atoms with E-state index in [1.165, 1.54) is 11.6 Å². The molecule has 0 aliphatic carbocycles. The summed E-state index contributed by atoms with van der Waals surface area (Å²) in [6.45, 7) is 3.76. The van der Waals surface area contributed by atoms with E-state index in [1.54, 1.807) is 23.9 Å². The van der Waals surface area contributed by atoms with Crippen molar-refractivity contribution in [3.8, 4) is 22.9 Å². The van der Waals surface area contributed by atoms with Crippen LogP contribution in [0.2, 0.25) is 0 Å². The van der Waals surface area contributed by atoms with Gasteiger partial charge in [0.2, 0.25) is 0 Å². The molecule has 0 amide bonds. The predicted octanol–water partition coefficient (Wildman–Crippen LogP) is 5.90. The number of aryl methyl sites for hydroxylation is 1. The Hall–Kier alpha value is -3.32. The molecule has 0 radical (unpaired) electrons. The third-order valence-electron chi connectivity index (χ3n) is 5.02. The summed E-state index contributed by atoms with van der Waals surface area (Å²) >= 11 is 1.55. The first-order valence-electron chi connectivity index (χ1n) is 10.9. The summed E-state index contributed by atoms with van der Waals surface area (Å²) < 4.78 is 27.8. The zero-order valence-corrected chi connectivity index (χ0v) is 19.3. The molecule has 0 fully saturated rings. The molecule has 0 unspecified atom stereocenters. The molecule has 170 valence electrons. The Bertz CT molecular complexity index is 1150. The van der Waals surface area contributed by atoms with Crippen LogP contribution in [0.15, 0.2) is 84.0 Å². The van der Waals surface area contributed by atoms with Crippen LogP contribution in [0.3, 0.4) is 0 Å². The van der Waals surface area contributed by atoms with Gasteiger partial charge in [-0.15, -0.1) is 10.2 Å². The van der Waals surface area contributed by atoms with E-state index < -0.39 is 0 Å². The van der Waals surface area contributed by atoms with Crippen molar-refractivity contribution in [3.63, 3.8) is 0 Å². The smallest absolute Gasteiger partial charge is 0.191 e. The zero-order valence-electron chi connectivity index (χ0n) is 18.5. The first-order chi connectivity index (χ1) is 16.2. The summed E-state index contributed by atoms with van der Waals surface area (Å²) in [4.78, 5) is 0. The van der Waals surface area contributed by atoms with Crippen LogP contribution in [0.5, 0.6) is 11.5 Å². The molecule has 0 bridgehead atoms. The standard InChI is InChI=1S/C26H26FN3O2S/c1-2-31-21-12-14-22(15-13-21)32-18-19-33-26-29-28-25(23-10-6-7-11-24(23)27)30(26)17-16-20-8-4-3-5-9-20/h3-15H,2,16-19H2,1H3. The maximum Gasteiger partial charge on any atom is 0.191 e. The van der Waals surface area contributed by atoms with Crippen molar-refractivity contribution in [2.45, 2.75) is 25.0 Å². The van der Waals surface area contributed by atoms with Crippen molar-refractivity contribution in [1.29, 1.82) is 0 Å². The lowest BCUT2D eigenvalue weighted by Gasteiger charge is -2.11. The number of halogens is 1. The Morgan fingerprint density at radius 2 is 1.55 bits per heavy atom. The van der Waals surface area contributed by atoms with Gasteiger partial charge in [0.25, 0.3) is 0 Å². The molecule has 0 spiro atoms. The van der Waals surface area contributed by atoms with Gasteiger partial charge in [-0.05, 0) is 55.3 Å². The van der Waals surface area contributed by atoms with Crippen molar-refractivity contribution < 1.29 is 13.9 Å². The van der Waals surface area contributed by atoms with Crippen LogP contribution in [0.25, 0.3) is 11.4 Å². The minimum absolute atomic E-state index is 0.304. The molecular formula is C26H26FN3O2S. The number of rotatable bonds is 11. The SMILES string of the molecule is CCOc1ccc(OCCSc2nnc(-c3ccccc3F)n2CCc2ccccc2)cc1. The maximum absolute atomic E-state index is 14.5. The van der Waals surface area contributed by atoms with Gasteiger partial charge in [0.05, 0.1) is 18.8 Å². The predicted molar refractivity (Wildman–Crippen MR) is 129 cm³/mol. The molecule has 4 aromatic rings. The molecule has 0 aliphatic heterocycles. The van der Waals surface area contributed by atoms with Crippen molar-refractivity contribution >= 4 is 11.8 Å². The van der Waals surface area contributed by atoms with Gasteiger partial charge in [0.15, 0.2) is 11.0 Å². The van der Waals surface area contributed by atoms with Crippen molar-refractivity contribution in [1.82, 2.24) is 14.8 Å². The topological polar surface area (TPSA) is 49.2 Å². The van der Waals surface area contributed by atoms with E-state index in [-0.39, 0.29) is 5.82 Å². The van der Waals surface area contributed by atoms with Crippen molar-refractivity contribution in [3.05, 3.63) is 90.2 Å². The third-order valence-corrected chi connectivity index (χ3v) is 5.95. The lowest BCUT2D eigenvalue weighted by Crippen LogP contribution is -2.07. The van der Waals surface area contributed by atoms with Crippen LogP contribution >= 0.6 is 11.8 Å². The second-order valence-electron chi connectivity index (χ2n) is 7.27. The summed E-state index contributed by atoms with van der Waals surface area (Å²) in [5.41, 5.74) is 1.66. The summed E-state index contributed by atoms with van der Waals surface area (Å²) in [5, 5.41) is 9.43. The van der Waals surface area contributed by atoms with E-state index in [0.717, 1.165) is 23.1 Å². The van der Waals surface area contributed by atoms with Gasteiger partial charge in [-0.2, -0.15) is 0 Å². The van der Waals surface area contributed by atoms with E-state index in [2.05, 4.69) is 22.3 Å². The summed E-state index contributed by atoms with van der Waals surface area (Å²) in [6, 6.07) is 24.5. The minimum atomic E-state index is -0.304. The zero-order chi connectivity index (χ0) is 22.9. The molecule has 4 rings (SSSR count). The molecule has 0 aliphatic rings. The highest BCUT2D eigenvalue weighted by molar-refractivity contribution is 7.99. The fraction of sp³-hybridized carbons (Fsp3) is 0.231.